The van der Waals surface area contributed by atoms with Gasteiger partial charge < -0.3 is 15.4 Å². The number of benzene rings is 2. The van der Waals surface area contributed by atoms with E-state index in [0.717, 1.165) is 17.1 Å². The topological polar surface area (TPSA) is 33.3 Å². The third-order valence-electron chi connectivity index (χ3n) is 2.79. The van der Waals surface area contributed by atoms with E-state index in [-0.39, 0.29) is 0 Å². The number of aryl methyl sites for hydroxylation is 1. The molecule has 3 nitrogen and oxygen atoms in total. The molecule has 0 saturated heterocycles. The Balaban J connectivity index is 1.90. The first-order valence-electron chi connectivity index (χ1n) is 6.66. The molecule has 2 aromatic rings. The van der Waals surface area contributed by atoms with Gasteiger partial charge in [-0.15, -0.1) is 0 Å². The quantitative estimate of drug-likeness (QED) is 0.634. The van der Waals surface area contributed by atoms with Crippen LogP contribution in [0.25, 0.3) is 0 Å². The van der Waals surface area contributed by atoms with Gasteiger partial charge >= 0.3 is 0 Å². The molecule has 2 N–H and O–H groups in total. The standard InChI is InChI=1S/C17H18N2OS/c1-3-12-20-16-10-8-15(9-11-16)19-17(21)18-14-6-4-13(2)5-7-14/h3-11H,1,12H2,2H3,(H2,18,19,21). The molecule has 0 aromatic heterocycles. The van der Waals surface area contributed by atoms with Gasteiger partial charge in [-0.25, -0.2) is 0 Å². The molecule has 2 rings (SSSR count). The lowest BCUT2D eigenvalue weighted by molar-refractivity contribution is 0.363. The fourth-order valence-corrected chi connectivity index (χ4v) is 1.96. The minimum Gasteiger partial charge on any atom is -0.490 e. The molecule has 0 heterocycles. The van der Waals surface area contributed by atoms with E-state index >= 15 is 0 Å². The van der Waals surface area contributed by atoms with E-state index in [1.54, 1.807) is 6.08 Å². The minimum atomic E-state index is 0.500. The second-order valence-electron chi connectivity index (χ2n) is 4.57. The number of hydrogen-bond donors (Lipinski definition) is 2. The van der Waals surface area contributed by atoms with Gasteiger partial charge in [0.2, 0.25) is 0 Å². The van der Waals surface area contributed by atoms with Gasteiger partial charge in [-0.2, -0.15) is 0 Å². The van der Waals surface area contributed by atoms with Crippen molar-refractivity contribution in [3.63, 3.8) is 0 Å². The summed E-state index contributed by atoms with van der Waals surface area (Å²) in [6.07, 6.45) is 1.72. The van der Waals surface area contributed by atoms with Crippen LogP contribution >= 0.6 is 12.2 Å². The average Bonchev–Trinajstić information content (AvgIpc) is 2.49. The third-order valence-corrected chi connectivity index (χ3v) is 2.99. The Kier molecular flexibility index (Phi) is 5.35. The lowest BCUT2D eigenvalue weighted by atomic mass is 10.2. The van der Waals surface area contributed by atoms with E-state index < -0.39 is 0 Å². The van der Waals surface area contributed by atoms with Crippen molar-refractivity contribution in [2.75, 3.05) is 17.2 Å². The van der Waals surface area contributed by atoms with Gasteiger partial charge in [-0.3, -0.25) is 0 Å². The summed E-state index contributed by atoms with van der Waals surface area (Å²) in [5.41, 5.74) is 3.09. The van der Waals surface area contributed by atoms with E-state index in [1.807, 2.05) is 48.5 Å². The van der Waals surface area contributed by atoms with Crippen molar-refractivity contribution < 1.29 is 4.74 Å². The summed E-state index contributed by atoms with van der Waals surface area (Å²) in [6, 6.07) is 15.7. The first-order valence-corrected chi connectivity index (χ1v) is 7.06. The van der Waals surface area contributed by atoms with Gasteiger partial charge in [0.15, 0.2) is 5.11 Å². The van der Waals surface area contributed by atoms with Gasteiger partial charge in [0.05, 0.1) is 0 Å². The van der Waals surface area contributed by atoms with Crippen LogP contribution in [0.5, 0.6) is 5.75 Å². The van der Waals surface area contributed by atoms with Gasteiger partial charge in [-0.05, 0) is 55.5 Å². The Morgan fingerprint density at radius 3 is 2.10 bits per heavy atom. The molecule has 0 aliphatic carbocycles. The van der Waals surface area contributed by atoms with Crippen LogP contribution in [0, 0.1) is 6.92 Å². The van der Waals surface area contributed by atoms with Crippen LogP contribution in [0.1, 0.15) is 5.56 Å². The number of hydrogen-bond acceptors (Lipinski definition) is 2. The van der Waals surface area contributed by atoms with Crippen molar-refractivity contribution in [3.8, 4) is 5.75 Å². The molecule has 0 aliphatic heterocycles. The SMILES string of the molecule is C=CCOc1ccc(NC(=S)Nc2ccc(C)cc2)cc1. The molecule has 108 valence electrons. The second kappa shape index (κ2) is 7.45. The minimum absolute atomic E-state index is 0.500. The van der Waals surface area contributed by atoms with Crippen LogP contribution < -0.4 is 15.4 Å². The van der Waals surface area contributed by atoms with Gasteiger partial charge in [0.25, 0.3) is 0 Å². The predicted molar refractivity (Wildman–Crippen MR) is 93.2 cm³/mol. The molecular formula is C17H18N2OS. The zero-order chi connectivity index (χ0) is 15.1. The van der Waals surface area contributed by atoms with Gasteiger partial charge in [0.1, 0.15) is 12.4 Å². The molecule has 0 radical (unpaired) electrons. The normalized spacial score (nSPS) is 9.76. The second-order valence-corrected chi connectivity index (χ2v) is 4.98. The van der Waals surface area contributed by atoms with Gasteiger partial charge in [-0.1, -0.05) is 30.4 Å². The Morgan fingerprint density at radius 2 is 1.57 bits per heavy atom. The summed E-state index contributed by atoms with van der Waals surface area (Å²) < 4.78 is 5.43. The number of ether oxygens (including phenoxy) is 1. The van der Waals surface area contributed by atoms with E-state index in [2.05, 4.69) is 24.1 Å². The molecule has 0 unspecified atom stereocenters. The third kappa shape index (κ3) is 4.93. The zero-order valence-electron chi connectivity index (χ0n) is 11.9. The lowest BCUT2D eigenvalue weighted by Crippen LogP contribution is -2.18. The van der Waals surface area contributed by atoms with Crippen molar-refractivity contribution in [2.24, 2.45) is 0 Å². The van der Waals surface area contributed by atoms with Crippen LogP contribution in [0.15, 0.2) is 61.2 Å². The smallest absolute Gasteiger partial charge is 0.175 e. The van der Waals surface area contributed by atoms with Crippen LogP contribution in [0.3, 0.4) is 0 Å². The highest BCUT2D eigenvalue weighted by molar-refractivity contribution is 7.80. The van der Waals surface area contributed by atoms with Crippen LogP contribution in [-0.2, 0) is 0 Å². The molecule has 2 aromatic carbocycles. The Labute approximate surface area is 130 Å². The summed E-state index contributed by atoms with van der Waals surface area (Å²) in [5.74, 6) is 0.804. The fourth-order valence-electron chi connectivity index (χ4n) is 1.72. The van der Waals surface area contributed by atoms with Crippen molar-refractivity contribution in [1.29, 1.82) is 0 Å². The van der Waals surface area contributed by atoms with Crippen molar-refractivity contribution >= 4 is 28.7 Å². The first kappa shape index (κ1) is 15.1. The van der Waals surface area contributed by atoms with Crippen LogP contribution in [0.4, 0.5) is 11.4 Å². The Morgan fingerprint density at radius 1 is 1.05 bits per heavy atom. The summed E-state index contributed by atoms with van der Waals surface area (Å²) in [5, 5.41) is 6.83. The molecule has 0 fully saturated rings. The molecule has 21 heavy (non-hydrogen) atoms. The molecule has 0 spiro atoms. The number of anilines is 2. The Bertz CT molecular complexity index is 606. The van der Waals surface area contributed by atoms with E-state index in [9.17, 15) is 0 Å². The zero-order valence-corrected chi connectivity index (χ0v) is 12.7. The summed E-state index contributed by atoms with van der Waals surface area (Å²) in [4.78, 5) is 0. The maximum atomic E-state index is 5.43. The van der Waals surface area contributed by atoms with E-state index in [0.29, 0.717) is 11.7 Å². The lowest BCUT2D eigenvalue weighted by Gasteiger charge is -2.11. The van der Waals surface area contributed by atoms with Crippen LogP contribution in [0.2, 0.25) is 0 Å². The largest absolute Gasteiger partial charge is 0.490 e. The summed E-state index contributed by atoms with van der Waals surface area (Å²) >= 11 is 5.29. The molecular weight excluding hydrogens is 280 g/mol. The summed E-state index contributed by atoms with van der Waals surface area (Å²) in [7, 11) is 0. The van der Waals surface area contributed by atoms with Gasteiger partial charge in [0, 0.05) is 11.4 Å². The highest BCUT2D eigenvalue weighted by Crippen LogP contribution is 2.16. The van der Waals surface area contributed by atoms with Crippen LogP contribution in [-0.4, -0.2) is 11.7 Å². The fraction of sp³-hybridized carbons (Fsp3) is 0.118. The van der Waals surface area contributed by atoms with Crippen molar-refractivity contribution in [2.45, 2.75) is 6.92 Å². The molecule has 0 amide bonds. The highest BCUT2D eigenvalue weighted by Gasteiger charge is 1.99. The molecule has 4 heteroatoms. The maximum Gasteiger partial charge on any atom is 0.175 e. The average molecular weight is 298 g/mol. The summed E-state index contributed by atoms with van der Waals surface area (Å²) in [6.45, 7) is 6.17. The van der Waals surface area contributed by atoms with E-state index in [4.69, 9.17) is 17.0 Å². The van der Waals surface area contributed by atoms with E-state index in [1.165, 1.54) is 5.56 Å². The molecule has 0 aliphatic rings. The van der Waals surface area contributed by atoms with Crippen molar-refractivity contribution in [3.05, 3.63) is 66.7 Å². The number of nitrogens with one attached hydrogen (secondary N) is 2. The highest BCUT2D eigenvalue weighted by atomic mass is 32.1. The molecule has 0 bridgehead atoms. The molecule has 0 saturated carbocycles. The van der Waals surface area contributed by atoms with Crippen molar-refractivity contribution in [1.82, 2.24) is 0 Å². The number of thiocarbonyl (C=S) groups is 1. The number of rotatable bonds is 5. The maximum absolute atomic E-state index is 5.43. The monoisotopic (exact) mass is 298 g/mol. The molecule has 0 atom stereocenters. The first-order chi connectivity index (χ1) is 10.2. The Hall–Kier alpha value is -2.33. The predicted octanol–water partition coefficient (Wildman–Crippen LogP) is 4.37.